The van der Waals surface area contributed by atoms with Gasteiger partial charge in [0.1, 0.15) is 0 Å². The van der Waals surface area contributed by atoms with E-state index in [1.807, 2.05) is 0 Å². The van der Waals surface area contributed by atoms with Gasteiger partial charge in [0.15, 0.2) is 0 Å². The molecule has 0 aromatic carbocycles. The minimum Gasteiger partial charge on any atom is -0.392 e. The molecule has 3 nitrogen and oxygen atoms in total. The van der Waals surface area contributed by atoms with E-state index in [2.05, 4.69) is 26.1 Å². The Balaban J connectivity index is 1.72. The molecule has 112 valence electrons. The second-order valence-corrected chi connectivity index (χ2v) is 7.54. The highest BCUT2D eigenvalue weighted by molar-refractivity contribution is 4.92. The molecular weight excluding hydrogens is 238 g/mol. The van der Waals surface area contributed by atoms with Crippen molar-refractivity contribution in [3.8, 4) is 0 Å². The molecule has 2 N–H and O–H groups in total. The molecule has 1 spiro atoms. The van der Waals surface area contributed by atoms with Crippen LogP contribution in [0.4, 0.5) is 0 Å². The van der Waals surface area contributed by atoms with Crippen LogP contribution in [0.5, 0.6) is 0 Å². The van der Waals surface area contributed by atoms with Gasteiger partial charge in [0, 0.05) is 18.5 Å². The van der Waals surface area contributed by atoms with Crippen LogP contribution in [-0.2, 0) is 4.74 Å². The highest BCUT2D eigenvalue weighted by Crippen LogP contribution is 2.42. The number of hydrogen-bond acceptors (Lipinski definition) is 3. The highest BCUT2D eigenvalue weighted by Gasteiger charge is 2.41. The molecule has 2 atom stereocenters. The van der Waals surface area contributed by atoms with E-state index in [-0.39, 0.29) is 23.3 Å². The number of β-amino-alcohol motifs (C(OH)–C–C–N with tert-alkyl or cyclic N) is 1. The first-order valence-electron chi connectivity index (χ1n) is 8.00. The summed E-state index contributed by atoms with van der Waals surface area (Å²) in [6.07, 6.45) is 9.59. The van der Waals surface area contributed by atoms with E-state index >= 15 is 0 Å². The summed E-state index contributed by atoms with van der Waals surface area (Å²) in [5.41, 5.74) is 0.252. The lowest BCUT2D eigenvalue weighted by Crippen LogP contribution is -2.42. The van der Waals surface area contributed by atoms with Crippen LogP contribution in [0.3, 0.4) is 0 Å². The molecule has 1 saturated heterocycles. The highest BCUT2D eigenvalue weighted by atomic mass is 16.5. The molecule has 19 heavy (non-hydrogen) atoms. The number of nitrogens with one attached hydrogen (secondary N) is 1. The molecular formula is C16H31NO2. The molecule has 0 aromatic heterocycles. The average molecular weight is 269 g/mol. The second-order valence-electron chi connectivity index (χ2n) is 7.54. The molecule has 1 aliphatic heterocycles. The van der Waals surface area contributed by atoms with Crippen LogP contribution in [0.1, 0.15) is 72.1 Å². The van der Waals surface area contributed by atoms with E-state index in [4.69, 9.17) is 4.74 Å². The third kappa shape index (κ3) is 4.73. The van der Waals surface area contributed by atoms with Crippen molar-refractivity contribution in [2.75, 3.05) is 6.54 Å². The fraction of sp³-hybridized carbons (Fsp3) is 1.00. The topological polar surface area (TPSA) is 41.5 Å². The van der Waals surface area contributed by atoms with Gasteiger partial charge >= 0.3 is 0 Å². The van der Waals surface area contributed by atoms with Crippen molar-refractivity contribution < 1.29 is 9.84 Å². The second kappa shape index (κ2) is 6.11. The zero-order valence-corrected chi connectivity index (χ0v) is 12.9. The van der Waals surface area contributed by atoms with E-state index in [9.17, 15) is 5.11 Å². The first-order valence-corrected chi connectivity index (χ1v) is 8.00. The van der Waals surface area contributed by atoms with Crippen LogP contribution >= 0.6 is 0 Å². The Labute approximate surface area is 118 Å². The minimum atomic E-state index is -0.289. The van der Waals surface area contributed by atoms with Crippen LogP contribution in [0, 0.1) is 0 Å². The molecule has 0 radical (unpaired) electrons. The SMILES string of the molecule is CC(C)(C)NCC(O)CC1CCC2(CCCCC2)O1. The van der Waals surface area contributed by atoms with Crippen molar-refractivity contribution in [2.45, 2.75) is 95.5 Å². The van der Waals surface area contributed by atoms with Crippen LogP contribution in [0.15, 0.2) is 0 Å². The van der Waals surface area contributed by atoms with Crippen LogP contribution in [0.2, 0.25) is 0 Å². The fourth-order valence-corrected chi connectivity index (χ4v) is 3.44. The van der Waals surface area contributed by atoms with Crippen LogP contribution in [0.25, 0.3) is 0 Å². The van der Waals surface area contributed by atoms with Gasteiger partial charge in [-0.3, -0.25) is 0 Å². The van der Waals surface area contributed by atoms with E-state index in [1.54, 1.807) is 0 Å². The molecule has 2 aliphatic rings. The predicted molar refractivity (Wildman–Crippen MR) is 78.3 cm³/mol. The number of hydrogen-bond donors (Lipinski definition) is 2. The van der Waals surface area contributed by atoms with Crippen molar-refractivity contribution in [3.63, 3.8) is 0 Å². The standard InChI is InChI=1S/C16H31NO2/c1-15(2,3)17-12-13(18)11-14-7-10-16(19-14)8-5-4-6-9-16/h13-14,17-18H,4-12H2,1-3H3. The normalized spacial score (nSPS) is 28.7. The summed E-state index contributed by atoms with van der Waals surface area (Å²) in [6, 6.07) is 0. The summed E-state index contributed by atoms with van der Waals surface area (Å²) in [6.45, 7) is 7.05. The van der Waals surface area contributed by atoms with Gasteiger partial charge in [-0.05, 0) is 46.5 Å². The van der Waals surface area contributed by atoms with Crippen molar-refractivity contribution >= 4 is 0 Å². The molecule has 2 unspecified atom stereocenters. The van der Waals surface area contributed by atoms with Crippen LogP contribution in [-0.4, -0.2) is 35.0 Å². The van der Waals surface area contributed by atoms with Crippen molar-refractivity contribution in [1.82, 2.24) is 5.32 Å². The number of aliphatic hydroxyl groups is 1. The van der Waals surface area contributed by atoms with Gasteiger partial charge in [0.2, 0.25) is 0 Å². The van der Waals surface area contributed by atoms with Gasteiger partial charge in [-0.1, -0.05) is 19.3 Å². The summed E-state index contributed by atoms with van der Waals surface area (Å²) in [5, 5.41) is 13.5. The van der Waals surface area contributed by atoms with Crippen molar-refractivity contribution in [3.05, 3.63) is 0 Å². The molecule has 3 heteroatoms. The Morgan fingerprint density at radius 1 is 1.21 bits per heavy atom. The molecule has 1 heterocycles. The number of rotatable bonds is 4. The Morgan fingerprint density at radius 2 is 1.89 bits per heavy atom. The lowest BCUT2D eigenvalue weighted by atomic mass is 9.83. The third-order valence-electron chi connectivity index (χ3n) is 4.51. The maximum atomic E-state index is 10.1. The largest absolute Gasteiger partial charge is 0.392 e. The molecule has 0 amide bonds. The van der Waals surface area contributed by atoms with Gasteiger partial charge in [-0.15, -0.1) is 0 Å². The van der Waals surface area contributed by atoms with Crippen LogP contribution < -0.4 is 5.32 Å². The molecule has 1 saturated carbocycles. The molecule has 2 fully saturated rings. The predicted octanol–water partition coefficient (Wildman–Crippen LogP) is 3.01. The zero-order valence-electron chi connectivity index (χ0n) is 12.9. The Hall–Kier alpha value is -0.120. The molecule has 1 aliphatic carbocycles. The van der Waals surface area contributed by atoms with Gasteiger partial charge in [-0.2, -0.15) is 0 Å². The van der Waals surface area contributed by atoms with Crippen molar-refractivity contribution in [1.29, 1.82) is 0 Å². The summed E-state index contributed by atoms with van der Waals surface area (Å²) < 4.78 is 6.30. The Bertz CT molecular complexity index is 279. The average Bonchev–Trinajstić information content (AvgIpc) is 2.70. The van der Waals surface area contributed by atoms with Crippen molar-refractivity contribution in [2.24, 2.45) is 0 Å². The Morgan fingerprint density at radius 3 is 2.53 bits per heavy atom. The van der Waals surface area contributed by atoms with E-state index in [0.717, 1.165) is 12.8 Å². The van der Waals surface area contributed by atoms with E-state index < -0.39 is 0 Å². The quantitative estimate of drug-likeness (QED) is 0.824. The van der Waals surface area contributed by atoms with E-state index in [0.29, 0.717) is 6.54 Å². The molecule has 0 bridgehead atoms. The third-order valence-corrected chi connectivity index (χ3v) is 4.51. The first-order chi connectivity index (χ1) is 8.89. The summed E-state index contributed by atoms with van der Waals surface area (Å²) >= 11 is 0. The summed E-state index contributed by atoms with van der Waals surface area (Å²) in [4.78, 5) is 0. The molecule has 0 aromatic rings. The maximum absolute atomic E-state index is 10.1. The summed E-state index contributed by atoms with van der Waals surface area (Å²) in [7, 11) is 0. The lowest BCUT2D eigenvalue weighted by molar-refractivity contribution is -0.0755. The fourth-order valence-electron chi connectivity index (χ4n) is 3.44. The molecule has 2 rings (SSSR count). The lowest BCUT2D eigenvalue weighted by Gasteiger charge is -2.33. The summed E-state index contributed by atoms with van der Waals surface area (Å²) in [5.74, 6) is 0. The Kier molecular flexibility index (Phi) is 4.91. The zero-order chi connectivity index (χ0) is 13.9. The van der Waals surface area contributed by atoms with Gasteiger partial charge < -0.3 is 15.2 Å². The first kappa shape index (κ1) is 15.3. The monoisotopic (exact) mass is 269 g/mol. The van der Waals surface area contributed by atoms with Gasteiger partial charge in [-0.25, -0.2) is 0 Å². The number of ether oxygens (including phenoxy) is 1. The smallest absolute Gasteiger partial charge is 0.0689 e. The van der Waals surface area contributed by atoms with Gasteiger partial charge in [0.25, 0.3) is 0 Å². The minimum absolute atomic E-state index is 0.0715. The number of aliphatic hydroxyl groups excluding tert-OH is 1. The maximum Gasteiger partial charge on any atom is 0.0689 e. The van der Waals surface area contributed by atoms with E-state index in [1.165, 1.54) is 38.5 Å². The van der Waals surface area contributed by atoms with Gasteiger partial charge in [0.05, 0.1) is 17.8 Å².